The molecule has 1 aliphatic heterocycles. The lowest BCUT2D eigenvalue weighted by atomic mass is 10.2. The smallest absolute Gasteiger partial charge is 0.251 e. The molecule has 1 fully saturated rings. The lowest BCUT2D eigenvalue weighted by Gasteiger charge is -2.33. The molecule has 2 heterocycles. The number of benzene rings is 1. The van der Waals surface area contributed by atoms with Crippen LogP contribution in [0.3, 0.4) is 0 Å². The van der Waals surface area contributed by atoms with Crippen molar-refractivity contribution in [1.82, 2.24) is 13.8 Å². The van der Waals surface area contributed by atoms with E-state index in [1.54, 1.807) is 22.9 Å². The summed E-state index contributed by atoms with van der Waals surface area (Å²) < 4.78 is 28.9. The van der Waals surface area contributed by atoms with Crippen molar-refractivity contribution in [3.63, 3.8) is 0 Å². The molecule has 0 unspecified atom stereocenters. The van der Waals surface area contributed by atoms with Crippen LogP contribution in [0.4, 0.5) is 0 Å². The molecule has 1 aromatic heterocycles. The van der Waals surface area contributed by atoms with Gasteiger partial charge in [-0.15, -0.1) is 0 Å². The fourth-order valence-electron chi connectivity index (χ4n) is 2.77. The van der Waals surface area contributed by atoms with E-state index in [2.05, 4.69) is 20.8 Å². The van der Waals surface area contributed by atoms with E-state index in [1.807, 2.05) is 30.3 Å². The Morgan fingerprint density at radius 2 is 1.69 bits per heavy atom. The molecule has 0 radical (unpaired) electrons. The van der Waals surface area contributed by atoms with Crippen LogP contribution in [-0.4, -0.2) is 48.4 Å². The third-order valence-corrected chi connectivity index (χ3v) is 6.26. The van der Waals surface area contributed by atoms with Gasteiger partial charge in [0.1, 0.15) is 0 Å². The number of rotatable bonds is 5. The highest BCUT2D eigenvalue weighted by molar-refractivity contribution is 9.10. The molecule has 6 nitrogen and oxygen atoms in total. The number of piperazine rings is 1. The van der Waals surface area contributed by atoms with Gasteiger partial charge < -0.3 is 4.57 Å². The molecule has 26 heavy (non-hydrogen) atoms. The van der Waals surface area contributed by atoms with Gasteiger partial charge >= 0.3 is 0 Å². The predicted molar refractivity (Wildman–Crippen MR) is 106 cm³/mol. The Morgan fingerprint density at radius 1 is 1.00 bits per heavy atom. The molecular weight excluding hydrogens is 418 g/mol. The van der Waals surface area contributed by atoms with Gasteiger partial charge in [-0.2, -0.15) is 4.31 Å². The first-order chi connectivity index (χ1) is 12.4. The van der Waals surface area contributed by atoms with Gasteiger partial charge in [-0.1, -0.05) is 30.3 Å². The van der Waals surface area contributed by atoms with E-state index in [1.165, 1.54) is 15.8 Å². The first-order valence-corrected chi connectivity index (χ1v) is 10.6. The normalized spacial score (nSPS) is 17.0. The summed E-state index contributed by atoms with van der Waals surface area (Å²) in [5, 5.41) is 1.26. The molecule has 3 rings (SSSR count). The van der Waals surface area contributed by atoms with E-state index in [0.717, 1.165) is 10.0 Å². The van der Waals surface area contributed by atoms with Crippen LogP contribution in [0.2, 0.25) is 0 Å². The molecule has 1 aromatic carbocycles. The fraction of sp³-hybridized carbons (Fsp3) is 0.278. The SMILES string of the molecule is O=c1ccc(Br)cn1CN1CCN(S(=O)(=O)/C=C/c2ccccc2)CC1. The fourth-order valence-corrected chi connectivity index (χ4v) is 4.32. The maximum atomic E-state index is 12.5. The highest BCUT2D eigenvalue weighted by atomic mass is 79.9. The maximum Gasteiger partial charge on any atom is 0.251 e. The summed E-state index contributed by atoms with van der Waals surface area (Å²) in [5.41, 5.74) is 0.776. The molecule has 8 heteroatoms. The third-order valence-electron chi connectivity index (χ3n) is 4.22. The Morgan fingerprint density at radius 3 is 2.38 bits per heavy atom. The average molecular weight is 438 g/mol. The lowest BCUT2D eigenvalue weighted by Crippen LogP contribution is -2.49. The van der Waals surface area contributed by atoms with Crippen LogP contribution in [0.15, 0.2) is 63.3 Å². The molecule has 0 bridgehead atoms. The number of pyridine rings is 1. The van der Waals surface area contributed by atoms with Crippen molar-refractivity contribution in [2.45, 2.75) is 6.67 Å². The van der Waals surface area contributed by atoms with Crippen LogP contribution in [0.1, 0.15) is 5.56 Å². The molecular formula is C18H20BrN3O3S. The van der Waals surface area contributed by atoms with Crippen LogP contribution in [0.5, 0.6) is 0 Å². The van der Waals surface area contributed by atoms with Crippen molar-refractivity contribution in [3.05, 3.63) is 74.5 Å². The minimum Gasteiger partial charge on any atom is -0.301 e. The number of hydrogen-bond acceptors (Lipinski definition) is 4. The highest BCUT2D eigenvalue weighted by Crippen LogP contribution is 2.12. The molecule has 1 aliphatic rings. The van der Waals surface area contributed by atoms with E-state index in [4.69, 9.17) is 0 Å². The molecule has 0 aliphatic carbocycles. The van der Waals surface area contributed by atoms with Gasteiger partial charge in [0, 0.05) is 48.3 Å². The minimum atomic E-state index is -3.44. The number of halogens is 1. The zero-order valence-electron chi connectivity index (χ0n) is 14.2. The maximum absolute atomic E-state index is 12.5. The van der Waals surface area contributed by atoms with Crippen molar-refractivity contribution in [2.75, 3.05) is 26.2 Å². The van der Waals surface area contributed by atoms with Gasteiger partial charge in [0.05, 0.1) is 6.67 Å². The number of aromatic nitrogens is 1. The van der Waals surface area contributed by atoms with Gasteiger partial charge in [0.25, 0.3) is 5.56 Å². The van der Waals surface area contributed by atoms with Crippen molar-refractivity contribution < 1.29 is 8.42 Å². The predicted octanol–water partition coefficient (Wildman–Crippen LogP) is 2.19. The second-order valence-corrected chi connectivity index (χ2v) is 8.81. The Balaban J connectivity index is 1.60. The van der Waals surface area contributed by atoms with Gasteiger partial charge in [-0.25, -0.2) is 8.42 Å². The van der Waals surface area contributed by atoms with Gasteiger partial charge in [-0.05, 0) is 33.6 Å². The number of hydrogen-bond donors (Lipinski definition) is 0. The molecule has 0 atom stereocenters. The molecule has 0 amide bonds. The average Bonchev–Trinajstić information content (AvgIpc) is 2.64. The summed E-state index contributed by atoms with van der Waals surface area (Å²) in [7, 11) is -3.44. The molecule has 2 aromatic rings. The van der Waals surface area contributed by atoms with Crippen LogP contribution >= 0.6 is 15.9 Å². The molecule has 0 saturated carbocycles. The second-order valence-electron chi connectivity index (χ2n) is 6.07. The van der Waals surface area contributed by atoms with E-state index < -0.39 is 10.0 Å². The number of sulfonamides is 1. The van der Waals surface area contributed by atoms with Crippen molar-refractivity contribution >= 4 is 32.0 Å². The van der Waals surface area contributed by atoms with Crippen LogP contribution in [-0.2, 0) is 16.7 Å². The van der Waals surface area contributed by atoms with Crippen LogP contribution in [0.25, 0.3) is 6.08 Å². The standard InChI is InChI=1S/C18H20BrN3O3S/c19-17-6-7-18(23)21(14-17)15-20-9-11-22(12-10-20)26(24,25)13-8-16-4-2-1-3-5-16/h1-8,13-14H,9-12,15H2/b13-8+. The number of nitrogens with zero attached hydrogens (tertiary/aromatic N) is 3. The third kappa shape index (κ3) is 4.91. The molecule has 138 valence electrons. The lowest BCUT2D eigenvalue weighted by molar-refractivity contribution is 0.151. The van der Waals surface area contributed by atoms with Gasteiger partial charge in [0.2, 0.25) is 10.0 Å². The summed E-state index contributed by atoms with van der Waals surface area (Å²) in [4.78, 5) is 14.0. The first kappa shape index (κ1) is 19.0. The summed E-state index contributed by atoms with van der Waals surface area (Å²) in [6, 6.07) is 12.6. The summed E-state index contributed by atoms with van der Waals surface area (Å²) in [6.45, 7) is 2.43. The summed E-state index contributed by atoms with van der Waals surface area (Å²) in [5.74, 6) is 0. The summed E-state index contributed by atoms with van der Waals surface area (Å²) >= 11 is 3.36. The minimum absolute atomic E-state index is 0.0750. The topological polar surface area (TPSA) is 62.6 Å². The Labute approximate surface area is 161 Å². The summed E-state index contributed by atoms with van der Waals surface area (Å²) in [6.07, 6.45) is 3.36. The van der Waals surface area contributed by atoms with Crippen molar-refractivity contribution in [3.8, 4) is 0 Å². The van der Waals surface area contributed by atoms with Crippen LogP contribution < -0.4 is 5.56 Å². The van der Waals surface area contributed by atoms with E-state index in [9.17, 15) is 13.2 Å². The quantitative estimate of drug-likeness (QED) is 0.718. The van der Waals surface area contributed by atoms with E-state index in [0.29, 0.717) is 32.8 Å². The van der Waals surface area contributed by atoms with Crippen LogP contribution in [0, 0.1) is 0 Å². The Bertz CT molecular complexity index is 934. The highest BCUT2D eigenvalue weighted by Gasteiger charge is 2.25. The van der Waals surface area contributed by atoms with Crippen molar-refractivity contribution in [2.24, 2.45) is 0 Å². The zero-order valence-corrected chi connectivity index (χ0v) is 16.6. The Hall–Kier alpha value is -1.74. The molecule has 0 spiro atoms. The Kier molecular flexibility index (Phi) is 6.08. The van der Waals surface area contributed by atoms with Gasteiger partial charge in [-0.3, -0.25) is 9.69 Å². The first-order valence-electron chi connectivity index (χ1n) is 8.26. The monoisotopic (exact) mass is 437 g/mol. The zero-order chi connectivity index (χ0) is 18.6. The largest absolute Gasteiger partial charge is 0.301 e. The second kappa shape index (κ2) is 8.30. The molecule has 1 saturated heterocycles. The van der Waals surface area contributed by atoms with Gasteiger partial charge in [0.15, 0.2) is 0 Å². The molecule has 0 N–H and O–H groups in total. The van der Waals surface area contributed by atoms with Crippen molar-refractivity contribution in [1.29, 1.82) is 0 Å². The van der Waals surface area contributed by atoms with E-state index >= 15 is 0 Å². The van der Waals surface area contributed by atoms with E-state index in [-0.39, 0.29) is 5.56 Å².